The van der Waals surface area contributed by atoms with Gasteiger partial charge in [-0.1, -0.05) is 35.9 Å². The van der Waals surface area contributed by atoms with Crippen LogP contribution in [0.3, 0.4) is 0 Å². The number of hydrogen-bond donors (Lipinski definition) is 0. The molecule has 160 valence electrons. The molecule has 2 aliphatic rings. The number of aryl methyl sites for hydroxylation is 1. The van der Waals surface area contributed by atoms with Gasteiger partial charge in [0.2, 0.25) is 15.9 Å². The molecule has 0 aliphatic carbocycles. The maximum Gasteiger partial charge on any atom is 0.249 e. The lowest BCUT2D eigenvalue weighted by Crippen LogP contribution is -2.46. The zero-order valence-corrected chi connectivity index (χ0v) is 18.1. The molecular weight excluding hydrogens is 412 g/mol. The van der Waals surface area contributed by atoms with Crippen molar-refractivity contribution in [1.29, 1.82) is 0 Å². The highest BCUT2D eigenvalue weighted by molar-refractivity contribution is 7.89. The molecule has 0 amide bonds. The van der Waals surface area contributed by atoms with Gasteiger partial charge in [0.05, 0.1) is 18.3 Å². The third-order valence-corrected chi connectivity index (χ3v) is 7.68. The molecule has 2 aromatic heterocycles. The maximum absolute atomic E-state index is 13.6. The maximum atomic E-state index is 13.6. The summed E-state index contributed by atoms with van der Waals surface area (Å²) in [7, 11) is -3.80. The Balaban J connectivity index is 1.50. The molecule has 4 heterocycles. The van der Waals surface area contributed by atoms with Crippen LogP contribution in [0.25, 0.3) is 0 Å². The summed E-state index contributed by atoms with van der Waals surface area (Å²) in [5, 5.41) is 0. The Labute approximate surface area is 182 Å². The number of ether oxygens (including phenoxy) is 1. The van der Waals surface area contributed by atoms with E-state index in [1.165, 1.54) is 11.1 Å². The smallest absolute Gasteiger partial charge is 0.249 e. The number of nitrogens with zero attached hydrogens (tertiary/aromatic N) is 4. The van der Waals surface area contributed by atoms with E-state index in [0.717, 1.165) is 6.54 Å². The van der Waals surface area contributed by atoms with Gasteiger partial charge < -0.3 is 4.74 Å². The lowest BCUT2D eigenvalue weighted by Gasteiger charge is -2.27. The van der Waals surface area contributed by atoms with Crippen molar-refractivity contribution in [2.75, 3.05) is 13.1 Å². The molecule has 7 nitrogen and oxygen atoms in total. The van der Waals surface area contributed by atoms with Gasteiger partial charge in [-0.3, -0.25) is 9.88 Å². The minimum Gasteiger partial charge on any atom is -0.470 e. The van der Waals surface area contributed by atoms with Crippen LogP contribution in [0, 0.1) is 6.92 Å². The van der Waals surface area contributed by atoms with Gasteiger partial charge in [0.25, 0.3) is 0 Å². The third kappa shape index (κ3) is 3.94. The van der Waals surface area contributed by atoms with Crippen LogP contribution >= 0.6 is 0 Å². The molecule has 0 spiro atoms. The Bertz CT molecular complexity index is 1190. The normalized spacial score (nSPS) is 22.9. The first-order valence-corrected chi connectivity index (χ1v) is 11.8. The van der Waals surface area contributed by atoms with Crippen LogP contribution in [0.5, 0.6) is 5.88 Å². The zero-order chi connectivity index (χ0) is 21.4. The first-order valence-electron chi connectivity index (χ1n) is 10.3. The highest BCUT2D eigenvalue weighted by Gasteiger charge is 2.47. The van der Waals surface area contributed by atoms with Gasteiger partial charge in [0.1, 0.15) is 11.0 Å². The van der Waals surface area contributed by atoms with Gasteiger partial charge in [-0.2, -0.15) is 4.31 Å². The first kappa shape index (κ1) is 20.1. The molecule has 31 heavy (non-hydrogen) atoms. The predicted octanol–water partition coefficient (Wildman–Crippen LogP) is 2.62. The average Bonchev–Trinajstić information content (AvgIpc) is 3.11. The number of benzene rings is 1. The molecule has 1 fully saturated rings. The van der Waals surface area contributed by atoms with Gasteiger partial charge >= 0.3 is 0 Å². The fraction of sp³-hybridized carbons (Fsp3) is 0.304. The molecule has 0 bridgehead atoms. The molecule has 5 rings (SSSR count). The van der Waals surface area contributed by atoms with Gasteiger partial charge in [0, 0.05) is 32.0 Å². The van der Waals surface area contributed by atoms with Crippen molar-refractivity contribution in [1.82, 2.24) is 19.2 Å². The summed E-state index contributed by atoms with van der Waals surface area (Å²) in [5.41, 5.74) is 3.11. The highest BCUT2D eigenvalue weighted by Crippen LogP contribution is 2.36. The lowest BCUT2D eigenvalue weighted by atomic mass is 10.1. The minimum absolute atomic E-state index is 0.116. The quantitative estimate of drug-likeness (QED) is 0.626. The van der Waals surface area contributed by atoms with Crippen molar-refractivity contribution in [3.63, 3.8) is 0 Å². The van der Waals surface area contributed by atoms with Crippen LogP contribution in [0.1, 0.15) is 16.8 Å². The molecular formula is C23H24N4O3S. The number of aromatic nitrogens is 2. The van der Waals surface area contributed by atoms with E-state index in [2.05, 4.69) is 40.0 Å². The summed E-state index contributed by atoms with van der Waals surface area (Å²) in [5.74, 6) is 0.179. The van der Waals surface area contributed by atoms with Crippen LogP contribution < -0.4 is 4.74 Å². The van der Waals surface area contributed by atoms with E-state index in [-0.39, 0.29) is 29.5 Å². The second-order valence-corrected chi connectivity index (χ2v) is 9.94. The summed E-state index contributed by atoms with van der Waals surface area (Å²) in [6.07, 6.45) is 2.94. The average molecular weight is 437 g/mol. The molecule has 3 aromatic rings. The molecule has 0 unspecified atom stereocenters. The number of hydrogen-bond acceptors (Lipinski definition) is 6. The Kier molecular flexibility index (Phi) is 5.21. The summed E-state index contributed by atoms with van der Waals surface area (Å²) < 4.78 is 35.0. The van der Waals surface area contributed by atoms with Crippen LogP contribution in [-0.4, -0.2) is 52.8 Å². The van der Waals surface area contributed by atoms with Crippen LogP contribution in [0.4, 0.5) is 0 Å². The van der Waals surface area contributed by atoms with Gasteiger partial charge in [-0.15, -0.1) is 0 Å². The molecule has 0 saturated carbocycles. The highest BCUT2D eigenvalue weighted by atomic mass is 32.2. The second-order valence-electron chi connectivity index (χ2n) is 8.08. The van der Waals surface area contributed by atoms with E-state index in [9.17, 15) is 8.42 Å². The summed E-state index contributed by atoms with van der Waals surface area (Å²) in [4.78, 5) is 11.0. The van der Waals surface area contributed by atoms with Gasteiger partial charge in [-0.05, 0) is 36.8 Å². The monoisotopic (exact) mass is 436 g/mol. The topological polar surface area (TPSA) is 75.6 Å². The SMILES string of the molecule is Cc1cccc(CN2C[C@H]3Oc4ncccc4S(=O)(=O)N(Cc4ccccn4)[C@H]3C2)c1. The lowest BCUT2D eigenvalue weighted by molar-refractivity contribution is 0.143. The van der Waals surface area contributed by atoms with Crippen molar-refractivity contribution in [2.45, 2.75) is 37.1 Å². The van der Waals surface area contributed by atoms with E-state index in [1.54, 1.807) is 28.8 Å². The van der Waals surface area contributed by atoms with E-state index in [0.29, 0.717) is 18.8 Å². The van der Waals surface area contributed by atoms with Crippen LogP contribution in [0.15, 0.2) is 71.9 Å². The number of sulfonamides is 1. The van der Waals surface area contributed by atoms with E-state index < -0.39 is 10.0 Å². The molecule has 2 aliphatic heterocycles. The Morgan fingerprint density at radius 2 is 1.87 bits per heavy atom. The number of rotatable bonds is 4. The van der Waals surface area contributed by atoms with E-state index >= 15 is 0 Å². The largest absolute Gasteiger partial charge is 0.470 e. The number of pyridine rings is 2. The summed E-state index contributed by atoms with van der Waals surface area (Å²) in [6, 6.07) is 16.8. The molecule has 0 radical (unpaired) electrons. The zero-order valence-electron chi connectivity index (χ0n) is 17.3. The fourth-order valence-electron chi connectivity index (χ4n) is 4.39. The van der Waals surface area contributed by atoms with Gasteiger partial charge in [0.15, 0.2) is 0 Å². The van der Waals surface area contributed by atoms with Crippen LogP contribution in [-0.2, 0) is 23.1 Å². The Hall–Kier alpha value is -2.81. The molecule has 2 atom stereocenters. The molecule has 1 aromatic carbocycles. The third-order valence-electron chi connectivity index (χ3n) is 5.80. The van der Waals surface area contributed by atoms with Crippen molar-refractivity contribution >= 4 is 10.0 Å². The fourth-order valence-corrected chi connectivity index (χ4v) is 6.07. The van der Waals surface area contributed by atoms with Crippen molar-refractivity contribution in [2.24, 2.45) is 0 Å². The first-order chi connectivity index (χ1) is 15.0. The summed E-state index contributed by atoms with van der Waals surface area (Å²) >= 11 is 0. The van der Waals surface area contributed by atoms with Gasteiger partial charge in [-0.25, -0.2) is 13.4 Å². The van der Waals surface area contributed by atoms with Crippen molar-refractivity contribution in [3.05, 3.63) is 83.8 Å². The number of likely N-dealkylation sites (tertiary alicyclic amines) is 1. The van der Waals surface area contributed by atoms with E-state index in [4.69, 9.17) is 4.74 Å². The summed E-state index contributed by atoms with van der Waals surface area (Å²) in [6.45, 7) is 4.22. The van der Waals surface area contributed by atoms with Crippen LogP contribution in [0.2, 0.25) is 0 Å². The predicted molar refractivity (Wildman–Crippen MR) is 116 cm³/mol. The molecule has 0 N–H and O–H groups in total. The van der Waals surface area contributed by atoms with Crippen molar-refractivity contribution in [3.8, 4) is 5.88 Å². The second kappa shape index (κ2) is 8.03. The van der Waals surface area contributed by atoms with Crippen molar-refractivity contribution < 1.29 is 13.2 Å². The Morgan fingerprint density at radius 3 is 2.68 bits per heavy atom. The number of fused-ring (bicyclic) bond motifs is 2. The molecule has 1 saturated heterocycles. The Morgan fingerprint density at radius 1 is 1.00 bits per heavy atom. The van der Waals surface area contributed by atoms with E-state index in [1.807, 2.05) is 24.3 Å². The molecule has 8 heteroatoms. The minimum atomic E-state index is -3.80. The standard InChI is InChI=1S/C23H24N4O3S/c1-17-6-4-7-18(12-17)13-26-15-20-21(16-26)30-23-22(9-5-11-25-23)31(28,29)27(20)14-19-8-2-3-10-24-19/h2-12,20-21H,13-16H2,1H3/t20-,21+/m0/s1.